The number of ether oxygens (including phenoxy) is 2. The topological polar surface area (TPSA) is 76.1 Å². The van der Waals surface area contributed by atoms with E-state index in [0.29, 0.717) is 39.2 Å². The molecule has 0 bridgehead atoms. The molecule has 0 unspecified atom stereocenters. The molecule has 7 heteroatoms. The molecule has 25 heavy (non-hydrogen) atoms. The lowest BCUT2D eigenvalue weighted by molar-refractivity contribution is -0.153. The van der Waals surface area contributed by atoms with Gasteiger partial charge in [-0.2, -0.15) is 0 Å². The fourth-order valence-corrected chi connectivity index (χ4v) is 3.64. The molecule has 0 radical (unpaired) electrons. The maximum atomic E-state index is 13.4. The smallest absolute Gasteiger partial charge is 0.306 e. The van der Waals surface area contributed by atoms with E-state index < -0.39 is 17.5 Å². The molecule has 0 aliphatic carbocycles. The second-order valence-electron chi connectivity index (χ2n) is 6.54. The van der Waals surface area contributed by atoms with Crippen molar-refractivity contribution < 1.29 is 28.6 Å². The third-order valence-electron chi connectivity index (χ3n) is 4.98. The summed E-state index contributed by atoms with van der Waals surface area (Å²) in [5.41, 5.74) is 0.0281. The molecule has 2 aliphatic rings. The van der Waals surface area contributed by atoms with E-state index in [1.54, 1.807) is 17.0 Å². The van der Waals surface area contributed by atoms with E-state index in [2.05, 4.69) is 0 Å². The van der Waals surface area contributed by atoms with Crippen molar-refractivity contribution in [2.24, 2.45) is 0 Å². The zero-order valence-corrected chi connectivity index (χ0v) is 13.9. The van der Waals surface area contributed by atoms with Crippen LogP contribution in [0.2, 0.25) is 0 Å². The molecule has 0 saturated carbocycles. The summed E-state index contributed by atoms with van der Waals surface area (Å²) < 4.78 is 24.2. The molecule has 3 rings (SSSR count). The molecule has 1 N–H and O–H groups in total. The van der Waals surface area contributed by atoms with Crippen LogP contribution < -0.4 is 0 Å². The summed E-state index contributed by atoms with van der Waals surface area (Å²) in [5, 5.41) is 8.96. The Labute approximate surface area is 145 Å². The Hall–Kier alpha value is -1.99. The van der Waals surface area contributed by atoms with Gasteiger partial charge < -0.3 is 19.5 Å². The molecule has 1 atom stereocenters. The fourth-order valence-electron chi connectivity index (χ4n) is 3.64. The van der Waals surface area contributed by atoms with E-state index >= 15 is 0 Å². The number of hydrogen-bond donors (Lipinski definition) is 1. The van der Waals surface area contributed by atoms with E-state index in [1.165, 1.54) is 12.1 Å². The zero-order chi connectivity index (χ0) is 17.9. The van der Waals surface area contributed by atoms with Crippen LogP contribution in [0.1, 0.15) is 24.8 Å². The van der Waals surface area contributed by atoms with Crippen molar-refractivity contribution in [2.75, 3.05) is 32.9 Å². The molecule has 1 aromatic carbocycles. The number of carboxylic acids is 1. The molecule has 2 aliphatic heterocycles. The molecule has 0 aromatic heterocycles. The van der Waals surface area contributed by atoms with Crippen LogP contribution >= 0.6 is 0 Å². The van der Waals surface area contributed by atoms with Crippen LogP contribution in [0.5, 0.6) is 0 Å². The van der Waals surface area contributed by atoms with Crippen LogP contribution in [-0.2, 0) is 24.5 Å². The second kappa shape index (κ2) is 7.49. The molecular formula is C18H22FNO5. The van der Waals surface area contributed by atoms with Crippen molar-refractivity contribution in [2.45, 2.75) is 30.8 Å². The van der Waals surface area contributed by atoms with Gasteiger partial charge in [0, 0.05) is 26.3 Å². The first-order valence-corrected chi connectivity index (χ1v) is 8.48. The summed E-state index contributed by atoms with van der Waals surface area (Å²) in [5.74, 6) is -1.34. The van der Waals surface area contributed by atoms with Gasteiger partial charge >= 0.3 is 5.97 Å². The first-order valence-electron chi connectivity index (χ1n) is 8.48. The number of benzene rings is 1. The van der Waals surface area contributed by atoms with Gasteiger partial charge in [0.15, 0.2) is 0 Å². The number of hydrogen-bond acceptors (Lipinski definition) is 4. The number of amides is 1. The van der Waals surface area contributed by atoms with Crippen LogP contribution in [0.25, 0.3) is 0 Å². The Morgan fingerprint density at radius 1 is 1.20 bits per heavy atom. The molecular weight excluding hydrogens is 329 g/mol. The fraction of sp³-hybridized carbons (Fsp3) is 0.556. The summed E-state index contributed by atoms with van der Waals surface area (Å²) in [7, 11) is 0. The number of carbonyl (C=O) groups excluding carboxylic acids is 1. The predicted molar refractivity (Wildman–Crippen MR) is 86.7 cm³/mol. The molecule has 1 amide bonds. The van der Waals surface area contributed by atoms with E-state index in [-0.39, 0.29) is 24.7 Å². The van der Waals surface area contributed by atoms with Crippen LogP contribution in [-0.4, -0.2) is 60.9 Å². The maximum absolute atomic E-state index is 13.4. The summed E-state index contributed by atoms with van der Waals surface area (Å²) in [4.78, 5) is 26.0. The lowest BCUT2D eigenvalue weighted by Gasteiger charge is -2.42. The van der Waals surface area contributed by atoms with Crippen molar-refractivity contribution in [3.8, 4) is 0 Å². The number of carbonyl (C=O) groups is 2. The van der Waals surface area contributed by atoms with Gasteiger partial charge in [0.2, 0.25) is 5.91 Å². The first-order chi connectivity index (χ1) is 12.0. The number of rotatable bonds is 4. The normalized spacial score (nSPS) is 23.2. The van der Waals surface area contributed by atoms with Crippen molar-refractivity contribution in [1.29, 1.82) is 0 Å². The molecule has 2 fully saturated rings. The van der Waals surface area contributed by atoms with Crippen LogP contribution in [0.4, 0.5) is 4.39 Å². The molecule has 136 valence electrons. The average Bonchev–Trinajstić information content (AvgIpc) is 2.62. The van der Waals surface area contributed by atoms with Gasteiger partial charge in [-0.15, -0.1) is 0 Å². The van der Waals surface area contributed by atoms with Gasteiger partial charge in [-0.1, -0.05) is 12.1 Å². The van der Waals surface area contributed by atoms with Crippen LogP contribution in [0.15, 0.2) is 24.3 Å². The number of morpholine rings is 1. The summed E-state index contributed by atoms with van der Waals surface area (Å²) in [6.07, 6.45) is 0.424. The van der Waals surface area contributed by atoms with Gasteiger partial charge in [-0.3, -0.25) is 9.59 Å². The molecule has 0 spiro atoms. The standard InChI is InChI=1S/C18H22FNO5/c19-14-3-1-13(2-4-14)18(5-8-24-9-6-18)17(23)20-7-10-25-15(12-20)11-16(21)22/h1-4,15H,5-12H2,(H,21,22)/t15-/m1/s1. The van der Waals surface area contributed by atoms with Crippen molar-refractivity contribution in [3.63, 3.8) is 0 Å². The Balaban J connectivity index is 1.84. The van der Waals surface area contributed by atoms with Crippen molar-refractivity contribution in [3.05, 3.63) is 35.6 Å². The highest BCUT2D eigenvalue weighted by Gasteiger charge is 2.45. The minimum Gasteiger partial charge on any atom is -0.481 e. The van der Waals surface area contributed by atoms with Crippen LogP contribution in [0, 0.1) is 5.82 Å². The number of aliphatic carboxylic acids is 1. The zero-order valence-electron chi connectivity index (χ0n) is 13.9. The summed E-state index contributed by atoms with van der Waals surface area (Å²) in [6.45, 7) is 1.94. The summed E-state index contributed by atoms with van der Waals surface area (Å²) >= 11 is 0. The van der Waals surface area contributed by atoms with Gasteiger partial charge in [0.25, 0.3) is 0 Å². The van der Waals surface area contributed by atoms with Crippen LogP contribution in [0.3, 0.4) is 0 Å². The third-order valence-corrected chi connectivity index (χ3v) is 4.98. The second-order valence-corrected chi connectivity index (χ2v) is 6.54. The van der Waals surface area contributed by atoms with E-state index in [0.717, 1.165) is 5.56 Å². The highest BCUT2D eigenvalue weighted by Crippen LogP contribution is 2.37. The molecule has 2 saturated heterocycles. The minimum atomic E-state index is -0.946. The Bertz CT molecular complexity index is 627. The number of nitrogens with zero attached hydrogens (tertiary/aromatic N) is 1. The molecule has 2 heterocycles. The van der Waals surface area contributed by atoms with Gasteiger partial charge in [0.05, 0.1) is 24.5 Å². The van der Waals surface area contributed by atoms with Gasteiger partial charge in [-0.05, 0) is 30.5 Å². The SMILES string of the molecule is O=C(O)C[C@@H]1CN(C(=O)C2(c3ccc(F)cc3)CCOCC2)CCO1. The van der Waals surface area contributed by atoms with E-state index in [1.807, 2.05) is 0 Å². The third kappa shape index (κ3) is 3.82. The Morgan fingerprint density at radius 3 is 2.52 bits per heavy atom. The van der Waals surface area contributed by atoms with Crippen molar-refractivity contribution >= 4 is 11.9 Å². The van der Waals surface area contributed by atoms with E-state index in [4.69, 9.17) is 14.6 Å². The lowest BCUT2D eigenvalue weighted by Crippen LogP contribution is -2.55. The Morgan fingerprint density at radius 2 is 1.88 bits per heavy atom. The number of carboxylic acid groups (broad SMARTS) is 1. The van der Waals surface area contributed by atoms with Crippen molar-refractivity contribution in [1.82, 2.24) is 4.90 Å². The lowest BCUT2D eigenvalue weighted by atomic mass is 9.73. The first kappa shape index (κ1) is 17.8. The molecule has 6 nitrogen and oxygen atoms in total. The van der Waals surface area contributed by atoms with E-state index in [9.17, 15) is 14.0 Å². The predicted octanol–water partition coefficient (Wildman–Crippen LogP) is 1.58. The quantitative estimate of drug-likeness (QED) is 0.891. The summed E-state index contributed by atoms with van der Waals surface area (Å²) in [6, 6.07) is 6.06. The molecule has 1 aromatic rings. The largest absolute Gasteiger partial charge is 0.481 e. The maximum Gasteiger partial charge on any atom is 0.306 e. The minimum absolute atomic E-state index is 0.0545. The average molecular weight is 351 g/mol. The highest BCUT2D eigenvalue weighted by molar-refractivity contribution is 5.88. The van der Waals surface area contributed by atoms with Gasteiger partial charge in [0.1, 0.15) is 5.82 Å². The van der Waals surface area contributed by atoms with Gasteiger partial charge in [-0.25, -0.2) is 4.39 Å². The Kier molecular flexibility index (Phi) is 5.34. The number of halogens is 1. The monoisotopic (exact) mass is 351 g/mol. The highest BCUT2D eigenvalue weighted by atomic mass is 19.1.